The van der Waals surface area contributed by atoms with E-state index in [-0.39, 0.29) is 5.91 Å². The lowest BCUT2D eigenvalue weighted by Crippen LogP contribution is -2.27. The molecule has 0 spiro atoms. The van der Waals surface area contributed by atoms with E-state index in [1.54, 1.807) is 11.8 Å². The summed E-state index contributed by atoms with van der Waals surface area (Å²) in [4.78, 5) is 21.6. The fourth-order valence-electron chi connectivity index (χ4n) is 3.22. The Morgan fingerprint density at radius 1 is 1.10 bits per heavy atom. The minimum Gasteiger partial charge on any atom is -0.369 e. The fourth-order valence-corrected chi connectivity index (χ4v) is 3.92. The van der Waals surface area contributed by atoms with E-state index in [1.165, 1.54) is 5.56 Å². The molecular formula is C23H32N6OS. The zero-order chi connectivity index (χ0) is 21.9. The van der Waals surface area contributed by atoms with Crippen LogP contribution in [0.3, 0.4) is 0 Å². The predicted octanol–water partition coefficient (Wildman–Crippen LogP) is 4.29. The van der Waals surface area contributed by atoms with Gasteiger partial charge in [0.1, 0.15) is 5.82 Å². The number of nitrogens with one attached hydrogen (secondary N) is 2. The van der Waals surface area contributed by atoms with Gasteiger partial charge in [-0.05, 0) is 31.2 Å². The average molecular weight is 441 g/mol. The lowest BCUT2D eigenvalue weighted by Gasteiger charge is -2.09. The first kappa shape index (κ1) is 23.1. The maximum Gasteiger partial charge on any atom is 0.220 e. The number of hydrogen-bond donors (Lipinski definition) is 2. The molecule has 7 nitrogen and oxygen atoms in total. The zero-order valence-electron chi connectivity index (χ0n) is 18.4. The van der Waals surface area contributed by atoms with Crippen LogP contribution in [0.4, 0.5) is 5.82 Å². The second kappa shape index (κ2) is 12.3. The van der Waals surface area contributed by atoms with E-state index in [1.807, 2.05) is 29.1 Å². The molecule has 0 fully saturated rings. The van der Waals surface area contributed by atoms with Gasteiger partial charge < -0.3 is 10.6 Å². The topological polar surface area (TPSA) is 84.7 Å². The number of anilines is 1. The van der Waals surface area contributed by atoms with Gasteiger partial charge in [0.15, 0.2) is 10.8 Å². The molecule has 0 bridgehead atoms. The first-order valence-corrected chi connectivity index (χ1v) is 12.1. The van der Waals surface area contributed by atoms with Crippen LogP contribution in [0.15, 0.2) is 41.7 Å². The van der Waals surface area contributed by atoms with Crippen molar-refractivity contribution < 1.29 is 4.79 Å². The monoisotopic (exact) mass is 440 g/mol. The zero-order valence-corrected chi connectivity index (χ0v) is 19.2. The Morgan fingerprint density at radius 2 is 1.94 bits per heavy atom. The largest absolute Gasteiger partial charge is 0.369 e. The average Bonchev–Trinajstić information content (AvgIpc) is 3.20. The van der Waals surface area contributed by atoms with E-state index in [0.29, 0.717) is 19.5 Å². The summed E-state index contributed by atoms with van der Waals surface area (Å²) >= 11 is 1.66. The van der Waals surface area contributed by atoms with Crippen LogP contribution in [-0.2, 0) is 17.8 Å². The van der Waals surface area contributed by atoms with E-state index in [9.17, 15) is 4.79 Å². The first-order valence-electron chi connectivity index (χ1n) is 11.1. The summed E-state index contributed by atoms with van der Waals surface area (Å²) in [6.45, 7) is 6.24. The number of carbonyl (C=O) groups excluding carboxylic acids is 1. The third-order valence-electron chi connectivity index (χ3n) is 4.81. The Morgan fingerprint density at radius 3 is 2.71 bits per heavy atom. The molecule has 8 heteroatoms. The summed E-state index contributed by atoms with van der Waals surface area (Å²) in [5.41, 5.74) is 2.08. The van der Waals surface area contributed by atoms with Gasteiger partial charge in [-0.3, -0.25) is 4.79 Å². The number of hydrogen-bond acceptors (Lipinski definition) is 6. The van der Waals surface area contributed by atoms with Crippen LogP contribution in [0.1, 0.15) is 45.1 Å². The first-order chi connectivity index (χ1) is 15.2. The number of aryl methyl sites for hydroxylation is 1. The van der Waals surface area contributed by atoms with Gasteiger partial charge in [-0.1, -0.05) is 55.9 Å². The van der Waals surface area contributed by atoms with E-state index in [4.69, 9.17) is 4.98 Å². The van der Waals surface area contributed by atoms with Crippen LogP contribution >= 0.6 is 11.8 Å². The lowest BCUT2D eigenvalue weighted by atomic mass is 10.1. The van der Waals surface area contributed by atoms with Gasteiger partial charge in [0.05, 0.1) is 18.1 Å². The van der Waals surface area contributed by atoms with Gasteiger partial charge in [0, 0.05) is 25.3 Å². The van der Waals surface area contributed by atoms with Gasteiger partial charge >= 0.3 is 0 Å². The van der Waals surface area contributed by atoms with E-state index < -0.39 is 0 Å². The van der Waals surface area contributed by atoms with Crippen molar-refractivity contribution >= 4 is 34.5 Å². The molecule has 2 N–H and O–H groups in total. The van der Waals surface area contributed by atoms with Crippen molar-refractivity contribution in [3.05, 3.63) is 42.1 Å². The number of rotatable bonds is 13. The van der Waals surface area contributed by atoms with Gasteiger partial charge in [-0.15, -0.1) is 0 Å². The Bertz CT molecular complexity index is 959. The predicted molar refractivity (Wildman–Crippen MR) is 128 cm³/mol. The molecule has 1 amide bonds. The maximum atomic E-state index is 12.2. The second-order valence-electron chi connectivity index (χ2n) is 7.42. The quantitative estimate of drug-likeness (QED) is 0.305. The van der Waals surface area contributed by atoms with Crippen LogP contribution in [0.25, 0.3) is 11.0 Å². The molecule has 0 radical (unpaired) electrons. The SMILES string of the molecule is CCCNc1nc(SCCC)nc2c1cnn2CCNC(=O)CCCc1ccccc1. The van der Waals surface area contributed by atoms with Gasteiger partial charge in [-0.2, -0.15) is 5.10 Å². The van der Waals surface area contributed by atoms with E-state index >= 15 is 0 Å². The Labute approximate surface area is 188 Å². The Balaban J connectivity index is 1.55. The normalized spacial score (nSPS) is 11.0. The number of fused-ring (bicyclic) bond motifs is 1. The number of benzene rings is 1. The summed E-state index contributed by atoms with van der Waals surface area (Å²) in [5, 5.41) is 12.6. The van der Waals surface area contributed by atoms with Crippen molar-refractivity contribution in [3.63, 3.8) is 0 Å². The van der Waals surface area contributed by atoms with Crippen molar-refractivity contribution in [2.24, 2.45) is 0 Å². The lowest BCUT2D eigenvalue weighted by molar-refractivity contribution is -0.121. The molecule has 0 saturated heterocycles. The van der Waals surface area contributed by atoms with Crippen molar-refractivity contribution in [1.29, 1.82) is 0 Å². The number of nitrogens with zero attached hydrogens (tertiary/aromatic N) is 4. The molecule has 0 aliphatic carbocycles. The summed E-state index contributed by atoms with van der Waals surface area (Å²) in [5.74, 6) is 1.89. The van der Waals surface area contributed by atoms with E-state index in [0.717, 1.165) is 60.0 Å². The van der Waals surface area contributed by atoms with Crippen LogP contribution in [0.5, 0.6) is 0 Å². The molecule has 31 heavy (non-hydrogen) atoms. The third kappa shape index (κ3) is 6.95. The highest BCUT2D eigenvalue weighted by Gasteiger charge is 2.13. The second-order valence-corrected chi connectivity index (χ2v) is 8.49. The summed E-state index contributed by atoms with van der Waals surface area (Å²) in [6, 6.07) is 10.3. The van der Waals surface area contributed by atoms with Crippen LogP contribution in [0, 0.1) is 0 Å². The van der Waals surface area contributed by atoms with Crippen molar-refractivity contribution in [2.75, 3.05) is 24.2 Å². The maximum absolute atomic E-state index is 12.2. The smallest absolute Gasteiger partial charge is 0.220 e. The van der Waals surface area contributed by atoms with Crippen LogP contribution < -0.4 is 10.6 Å². The Hall–Kier alpha value is -2.61. The molecule has 0 aliphatic rings. The number of amides is 1. The minimum absolute atomic E-state index is 0.0755. The molecule has 2 aromatic heterocycles. The van der Waals surface area contributed by atoms with Crippen molar-refractivity contribution in [3.8, 4) is 0 Å². The highest BCUT2D eigenvalue weighted by Crippen LogP contribution is 2.24. The summed E-state index contributed by atoms with van der Waals surface area (Å²) < 4.78 is 1.86. The molecule has 2 heterocycles. The molecule has 3 aromatic rings. The minimum atomic E-state index is 0.0755. The molecule has 0 saturated carbocycles. The Kier molecular flexibility index (Phi) is 9.15. The number of thioether (sulfide) groups is 1. The molecule has 0 atom stereocenters. The standard InChI is InChI=1S/C23H32N6OS/c1-3-13-25-21-19-17-26-29(22(19)28-23(27-21)31-16-4-2)15-14-24-20(30)12-8-11-18-9-6-5-7-10-18/h5-7,9-10,17H,3-4,8,11-16H2,1-2H3,(H,24,30)(H,25,27,28). The highest BCUT2D eigenvalue weighted by molar-refractivity contribution is 7.99. The third-order valence-corrected chi connectivity index (χ3v) is 5.86. The molecule has 0 aliphatic heterocycles. The molecule has 166 valence electrons. The molecule has 0 unspecified atom stereocenters. The van der Waals surface area contributed by atoms with Crippen LogP contribution in [0.2, 0.25) is 0 Å². The molecular weight excluding hydrogens is 408 g/mol. The summed E-state index contributed by atoms with van der Waals surface area (Å²) in [6.07, 6.45) is 6.19. The van der Waals surface area contributed by atoms with E-state index in [2.05, 4.69) is 46.7 Å². The highest BCUT2D eigenvalue weighted by atomic mass is 32.2. The number of carbonyl (C=O) groups is 1. The molecule has 3 rings (SSSR count). The van der Waals surface area contributed by atoms with Crippen LogP contribution in [-0.4, -0.2) is 44.5 Å². The van der Waals surface area contributed by atoms with Crippen molar-refractivity contribution in [1.82, 2.24) is 25.1 Å². The fraction of sp³-hybridized carbons (Fsp3) is 0.478. The summed E-state index contributed by atoms with van der Waals surface area (Å²) in [7, 11) is 0. The van der Waals surface area contributed by atoms with Gasteiger partial charge in [0.25, 0.3) is 0 Å². The number of aromatic nitrogens is 4. The van der Waals surface area contributed by atoms with Gasteiger partial charge in [0.2, 0.25) is 5.91 Å². The van der Waals surface area contributed by atoms with Crippen molar-refractivity contribution in [2.45, 2.75) is 57.7 Å². The molecule has 1 aromatic carbocycles. The van der Waals surface area contributed by atoms with Gasteiger partial charge in [-0.25, -0.2) is 14.6 Å².